The van der Waals surface area contributed by atoms with Gasteiger partial charge in [-0.2, -0.15) is 0 Å². The number of aromatic nitrogens is 1. The van der Waals surface area contributed by atoms with E-state index in [1.54, 1.807) is 6.20 Å². The summed E-state index contributed by atoms with van der Waals surface area (Å²) in [5, 5.41) is 10.6. The van der Waals surface area contributed by atoms with Crippen LogP contribution >= 0.6 is 0 Å². The van der Waals surface area contributed by atoms with Crippen LogP contribution in [0.3, 0.4) is 0 Å². The van der Waals surface area contributed by atoms with E-state index in [1.807, 2.05) is 30.0 Å². The van der Waals surface area contributed by atoms with Crippen LogP contribution in [0.25, 0.3) is 0 Å². The Hall–Kier alpha value is -1.18. The van der Waals surface area contributed by atoms with E-state index in [0.717, 1.165) is 18.8 Å². The quantitative estimate of drug-likeness (QED) is 0.809. The molecule has 1 saturated heterocycles. The summed E-state index contributed by atoms with van der Waals surface area (Å²) in [4.78, 5) is 6.28. The Morgan fingerprint density at radius 2 is 2.29 bits per heavy atom. The fourth-order valence-electron chi connectivity index (χ4n) is 2.58. The first-order valence-corrected chi connectivity index (χ1v) is 8.95. The van der Waals surface area contributed by atoms with Crippen molar-refractivity contribution < 1.29 is 13.5 Å². The third-order valence-electron chi connectivity index (χ3n) is 3.62. The van der Waals surface area contributed by atoms with Crippen LogP contribution in [0.2, 0.25) is 0 Å². The van der Waals surface area contributed by atoms with Gasteiger partial charge in [-0.05, 0) is 31.4 Å². The molecule has 7 heteroatoms. The molecule has 0 amide bonds. The monoisotopic (exact) mass is 313 g/mol. The maximum Gasteiger partial charge on any atom is 0.211 e. The molecule has 1 aromatic heterocycles. The molecule has 0 spiro atoms. The highest BCUT2D eigenvalue weighted by molar-refractivity contribution is 7.89. The Balaban J connectivity index is 1.99. The molecule has 1 atom stereocenters. The SMILES string of the molecule is CCCS(=O)(=O)NC[C@]1(O)CCCN(c2ccccn2)C1. The van der Waals surface area contributed by atoms with Gasteiger partial charge >= 0.3 is 0 Å². The van der Waals surface area contributed by atoms with Crippen LogP contribution in [-0.4, -0.2) is 49.5 Å². The Morgan fingerprint density at radius 3 is 2.95 bits per heavy atom. The van der Waals surface area contributed by atoms with Gasteiger partial charge in [0, 0.05) is 25.8 Å². The van der Waals surface area contributed by atoms with Gasteiger partial charge in [0.1, 0.15) is 5.82 Å². The number of rotatable bonds is 6. The van der Waals surface area contributed by atoms with Crippen LogP contribution in [-0.2, 0) is 10.0 Å². The largest absolute Gasteiger partial charge is 0.387 e. The number of hydrogen-bond donors (Lipinski definition) is 2. The lowest BCUT2D eigenvalue weighted by molar-refractivity contribution is 0.0310. The lowest BCUT2D eigenvalue weighted by Gasteiger charge is -2.39. The van der Waals surface area contributed by atoms with Crippen LogP contribution in [0.5, 0.6) is 0 Å². The van der Waals surface area contributed by atoms with Gasteiger partial charge in [0.2, 0.25) is 10.0 Å². The number of piperidine rings is 1. The van der Waals surface area contributed by atoms with Gasteiger partial charge in [-0.3, -0.25) is 0 Å². The average Bonchev–Trinajstić information content (AvgIpc) is 2.47. The van der Waals surface area contributed by atoms with Gasteiger partial charge in [-0.25, -0.2) is 18.1 Å². The molecule has 0 aliphatic carbocycles. The molecule has 118 valence electrons. The predicted octanol–water partition coefficient (Wildman–Crippen LogP) is 0.742. The lowest BCUT2D eigenvalue weighted by Crippen LogP contribution is -2.54. The molecule has 1 aliphatic heterocycles. The summed E-state index contributed by atoms with van der Waals surface area (Å²) >= 11 is 0. The van der Waals surface area contributed by atoms with Gasteiger partial charge < -0.3 is 10.0 Å². The topological polar surface area (TPSA) is 82.5 Å². The second kappa shape index (κ2) is 6.72. The molecule has 0 saturated carbocycles. The van der Waals surface area contributed by atoms with E-state index in [-0.39, 0.29) is 12.3 Å². The third kappa shape index (κ3) is 4.66. The van der Waals surface area contributed by atoms with Crippen molar-refractivity contribution >= 4 is 15.8 Å². The van der Waals surface area contributed by atoms with E-state index < -0.39 is 15.6 Å². The number of β-amino-alcohol motifs (C(OH)–C–C–N with tert-alkyl or cyclic N) is 1. The van der Waals surface area contributed by atoms with E-state index in [9.17, 15) is 13.5 Å². The van der Waals surface area contributed by atoms with Crippen molar-refractivity contribution in [3.63, 3.8) is 0 Å². The number of aliphatic hydroxyl groups is 1. The van der Waals surface area contributed by atoms with Gasteiger partial charge in [-0.15, -0.1) is 0 Å². The molecule has 21 heavy (non-hydrogen) atoms. The van der Waals surface area contributed by atoms with Gasteiger partial charge in [-0.1, -0.05) is 13.0 Å². The number of nitrogens with one attached hydrogen (secondary N) is 1. The molecule has 1 aromatic rings. The number of pyridine rings is 1. The van der Waals surface area contributed by atoms with Crippen LogP contribution in [0, 0.1) is 0 Å². The summed E-state index contributed by atoms with van der Waals surface area (Å²) in [6, 6.07) is 5.64. The van der Waals surface area contributed by atoms with Crippen molar-refractivity contribution in [2.24, 2.45) is 0 Å². The normalized spacial score (nSPS) is 23.2. The molecule has 6 nitrogen and oxygen atoms in total. The van der Waals surface area contributed by atoms with E-state index in [0.29, 0.717) is 19.4 Å². The highest BCUT2D eigenvalue weighted by Crippen LogP contribution is 2.24. The smallest absolute Gasteiger partial charge is 0.211 e. The van der Waals surface area contributed by atoms with Crippen LogP contribution in [0.1, 0.15) is 26.2 Å². The molecule has 2 N–H and O–H groups in total. The first-order valence-electron chi connectivity index (χ1n) is 7.30. The standard InChI is InChI=1S/C14H23N3O3S/c1-2-10-21(19,20)16-11-14(18)7-5-9-17(12-14)13-6-3-4-8-15-13/h3-4,6,8,16,18H,2,5,7,9-12H2,1H3/t14-/m1/s1. The zero-order valence-electron chi connectivity index (χ0n) is 12.3. The summed E-state index contributed by atoms with van der Waals surface area (Å²) in [7, 11) is -3.30. The Morgan fingerprint density at radius 1 is 1.48 bits per heavy atom. The van der Waals surface area contributed by atoms with Gasteiger partial charge in [0.15, 0.2) is 0 Å². The van der Waals surface area contributed by atoms with Crippen molar-refractivity contribution in [3.8, 4) is 0 Å². The van der Waals surface area contributed by atoms with Crippen LogP contribution in [0.15, 0.2) is 24.4 Å². The summed E-state index contributed by atoms with van der Waals surface area (Å²) in [5.74, 6) is 0.902. The highest BCUT2D eigenvalue weighted by Gasteiger charge is 2.34. The highest BCUT2D eigenvalue weighted by atomic mass is 32.2. The molecule has 0 aromatic carbocycles. The van der Waals surface area contributed by atoms with E-state index in [1.165, 1.54) is 0 Å². The summed E-state index contributed by atoms with van der Waals surface area (Å²) in [6.07, 6.45) is 3.67. The molecule has 0 bridgehead atoms. The van der Waals surface area contributed by atoms with Crippen molar-refractivity contribution in [2.45, 2.75) is 31.8 Å². The van der Waals surface area contributed by atoms with Crippen LogP contribution < -0.4 is 9.62 Å². The average molecular weight is 313 g/mol. The number of anilines is 1. The fourth-order valence-corrected chi connectivity index (χ4v) is 3.75. The van der Waals surface area contributed by atoms with E-state index >= 15 is 0 Å². The maximum absolute atomic E-state index is 11.7. The van der Waals surface area contributed by atoms with Crippen LogP contribution in [0.4, 0.5) is 5.82 Å². The predicted molar refractivity (Wildman–Crippen MR) is 82.7 cm³/mol. The summed E-state index contributed by atoms with van der Waals surface area (Å²) in [5.41, 5.74) is -1.05. The minimum atomic E-state index is -3.30. The minimum absolute atomic E-state index is 0.0542. The minimum Gasteiger partial charge on any atom is -0.387 e. The van der Waals surface area contributed by atoms with E-state index in [4.69, 9.17) is 0 Å². The molecule has 2 heterocycles. The molecular formula is C14H23N3O3S. The third-order valence-corrected chi connectivity index (χ3v) is 5.15. The molecule has 2 rings (SSSR count). The summed E-state index contributed by atoms with van der Waals surface area (Å²) in [6.45, 7) is 3.08. The second-order valence-corrected chi connectivity index (χ2v) is 7.50. The maximum atomic E-state index is 11.7. The molecule has 1 fully saturated rings. The zero-order chi connectivity index (χ0) is 15.3. The Labute approximate surface area is 126 Å². The van der Waals surface area contributed by atoms with Gasteiger partial charge in [0.05, 0.1) is 11.4 Å². The Kier molecular flexibility index (Phi) is 5.18. The first kappa shape index (κ1) is 16.2. The zero-order valence-corrected chi connectivity index (χ0v) is 13.1. The first-order chi connectivity index (χ1) is 9.94. The number of nitrogens with zero attached hydrogens (tertiary/aromatic N) is 2. The van der Waals surface area contributed by atoms with Crippen molar-refractivity contribution in [1.29, 1.82) is 0 Å². The van der Waals surface area contributed by atoms with Gasteiger partial charge in [0.25, 0.3) is 0 Å². The van der Waals surface area contributed by atoms with E-state index in [2.05, 4.69) is 9.71 Å². The number of hydrogen-bond acceptors (Lipinski definition) is 5. The van der Waals surface area contributed by atoms with Crippen molar-refractivity contribution in [3.05, 3.63) is 24.4 Å². The fraction of sp³-hybridized carbons (Fsp3) is 0.643. The molecule has 0 unspecified atom stereocenters. The second-order valence-electron chi connectivity index (χ2n) is 5.58. The molecule has 1 aliphatic rings. The molecule has 0 radical (unpaired) electrons. The van der Waals surface area contributed by atoms with Crippen molar-refractivity contribution in [2.75, 3.05) is 30.3 Å². The number of sulfonamides is 1. The lowest BCUT2D eigenvalue weighted by atomic mass is 9.93. The van der Waals surface area contributed by atoms with Crippen molar-refractivity contribution in [1.82, 2.24) is 9.71 Å². The molecular weight excluding hydrogens is 290 g/mol. The summed E-state index contributed by atoms with van der Waals surface area (Å²) < 4.78 is 26.0. The Bertz CT molecular complexity index is 550.